The number of benzene rings is 1. The van der Waals surface area contributed by atoms with Crippen LogP contribution in [0.15, 0.2) is 53.9 Å². The van der Waals surface area contributed by atoms with Crippen LogP contribution >= 0.6 is 11.3 Å². The van der Waals surface area contributed by atoms with E-state index in [1.165, 1.54) is 11.3 Å². The topological polar surface area (TPSA) is 72.1 Å². The summed E-state index contributed by atoms with van der Waals surface area (Å²) in [7, 11) is 0. The van der Waals surface area contributed by atoms with Crippen molar-refractivity contribution < 1.29 is 14.3 Å². The van der Waals surface area contributed by atoms with Crippen LogP contribution in [-0.4, -0.2) is 28.6 Å². The molecule has 22 heavy (non-hydrogen) atoms. The third-order valence-electron chi connectivity index (χ3n) is 3.00. The van der Waals surface area contributed by atoms with Crippen LogP contribution < -0.4 is 0 Å². The lowest BCUT2D eigenvalue weighted by atomic mass is 10.1. The van der Waals surface area contributed by atoms with E-state index in [0.29, 0.717) is 10.6 Å². The molecule has 0 saturated carbocycles. The second-order valence-corrected chi connectivity index (χ2v) is 5.46. The predicted octanol–water partition coefficient (Wildman–Crippen LogP) is 3.18. The number of carbonyl (C=O) groups excluding carboxylic acids is 2. The Hall–Kier alpha value is -2.73. The number of rotatable bonds is 5. The average Bonchev–Trinajstić information content (AvgIpc) is 3.24. The first-order valence-corrected chi connectivity index (χ1v) is 7.46. The van der Waals surface area contributed by atoms with Crippen molar-refractivity contribution in [3.8, 4) is 11.3 Å². The molecule has 0 spiro atoms. The Bertz CT molecular complexity index is 779. The van der Waals surface area contributed by atoms with Crippen LogP contribution in [0.3, 0.4) is 0 Å². The molecule has 0 aliphatic rings. The minimum atomic E-state index is -0.598. The quantitative estimate of drug-likeness (QED) is 0.580. The van der Waals surface area contributed by atoms with Gasteiger partial charge in [0.25, 0.3) is 0 Å². The van der Waals surface area contributed by atoms with E-state index in [1.54, 1.807) is 23.6 Å². The van der Waals surface area contributed by atoms with E-state index in [-0.39, 0.29) is 18.1 Å². The highest BCUT2D eigenvalue weighted by Crippen LogP contribution is 2.17. The Morgan fingerprint density at radius 1 is 1.14 bits per heavy atom. The van der Waals surface area contributed by atoms with Crippen LogP contribution in [0.25, 0.3) is 11.3 Å². The molecule has 1 aromatic carbocycles. The fourth-order valence-corrected chi connectivity index (χ4v) is 2.55. The van der Waals surface area contributed by atoms with Crippen molar-refractivity contribution in [1.82, 2.24) is 10.2 Å². The molecule has 0 fully saturated rings. The summed E-state index contributed by atoms with van der Waals surface area (Å²) in [6.45, 7) is -0.279. The summed E-state index contributed by atoms with van der Waals surface area (Å²) in [5, 5.41) is 8.51. The Balaban J connectivity index is 1.64. The van der Waals surface area contributed by atoms with Gasteiger partial charge in [0.1, 0.15) is 5.69 Å². The van der Waals surface area contributed by atoms with E-state index < -0.39 is 5.97 Å². The molecular weight excluding hydrogens is 300 g/mol. The minimum absolute atomic E-state index is 0.217. The third-order valence-corrected chi connectivity index (χ3v) is 3.91. The van der Waals surface area contributed by atoms with E-state index >= 15 is 0 Å². The number of ether oxygens (including phenoxy) is 1. The van der Waals surface area contributed by atoms with Gasteiger partial charge in [-0.3, -0.25) is 9.89 Å². The number of nitrogens with zero attached hydrogens (tertiary/aromatic N) is 1. The summed E-state index contributed by atoms with van der Waals surface area (Å²) in [6, 6.07) is 14.6. The Labute approximate surface area is 130 Å². The number of aromatic amines is 1. The maximum absolute atomic E-state index is 11.9. The third kappa shape index (κ3) is 3.12. The highest BCUT2D eigenvalue weighted by molar-refractivity contribution is 7.12. The first kappa shape index (κ1) is 14.2. The summed E-state index contributed by atoms with van der Waals surface area (Å²) >= 11 is 1.32. The number of carbonyl (C=O) groups is 2. The lowest BCUT2D eigenvalue weighted by Gasteiger charge is -2.00. The molecule has 0 aliphatic heterocycles. The molecule has 0 amide bonds. The van der Waals surface area contributed by atoms with Crippen molar-refractivity contribution in [3.63, 3.8) is 0 Å². The minimum Gasteiger partial charge on any atom is -0.453 e. The van der Waals surface area contributed by atoms with Crippen LogP contribution in [0.2, 0.25) is 0 Å². The molecule has 3 rings (SSSR count). The van der Waals surface area contributed by atoms with Crippen LogP contribution in [-0.2, 0) is 4.74 Å². The van der Waals surface area contributed by atoms with Crippen molar-refractivity contribution >= 4 is 23.1 Å². The molecule has 1 N–H and O–H groups in total. The highest BCUT2D eigenvalue weighted by Gasteiger charge is 2.15. The largest absolute Gasteiger partial charge is 0.453 e. The molecule has 0 unspecified atom stereocenters. The molecule has 0 radical (unpaired) electrons. The lowest BCUT2D eigenvalue weighted by Crippen LogP contribution is -2.13. The maximum atomic E-state index is 11.9. The van der Waals surface area contributed by atoms with Gasteiger partial charge in [0.05, 0.1) is 10.6 Å². The molecule has 6 heteroatoms. The van der Waals surface area contributed by atoms with Gasteiger partial charge in [0.15, 0.2) is 6.61 Å². The zero-order valence-corrected chi connectivity index (χ0v) is 12.3. The first-order chi connectivity index (χ1) is 10.7. The van der Waals surface area contributed by atoms with Gasteiger partial charge < -0.3 is 4.74 Å². The zero-order chi connectivity index (χ0) is 15.4. The number of esters is 1. The van der Waals surface area contributed by atoms with Gasteiger partial charge in [-0.05, 0) is 17.5 Å². The second kappa shape index (κ2) is 6.36. The highest BCUT2D eigenvalue weighted by atomic mass is 32.1. The summed E-state index contributed by atoms with van der Waals surface area (Å²) in [5.74, 6) is -0.814. The fraction of sp³-hybridized carbons (Fsp3) is 0.0625. The van der Waals surface area contributed by atoms with Crippen molar-refractivity contribution in [2.45, 2.75) is 0 Å². The standard InChI is InChI=1S/C16H12N2O3S/c19-14(15-7-4-8-22-15)10-21-16(20)13-9-12(17-18-13)11-5-2-1-3-6-11/h1-9H,10H2,(H,17,18). The number of hydrogen-bond donors (Lipinski definition) is 1. The van der Waals surface area contributed by atoms with Crippen molar-refractivity contribution in [3.05, 3.63) is 64.5 Å². The molecule has 3 aromatic rings. The van der Waals surface area contributed by atoms with Gasteiger partial charge in [0.2, 0.25) is 5.78 Å². The van der Waals surface area contributed by atoms with Crippen molar-refractivity contribution in [2.75, 3.05) is 6.61 Å². The molecular formula is C16H12N2O3S. The first-order valence-electron chi connectivity index (χ1n) is 6.59. The zero-order valence-electron chi connectivity index (χ0n) is 11.5. The summed E-state index contributed by atoms with van der Waals surface area (Å²) < 4.78 is 5.01. The lowest BCUT2D eigenvalue weighted by molar-refractivity contribution is 0.0470. The smallest absolute Gasteiger partial charge is 0.356 e. The summed E-state index contributed by atoms with van der Waals surface area (Å²) in [5.41, 5.74) is 1.77. The number of nitrogens with one attached hydrogen (secondary N) is 1. The molecule has 0 saturated heterocycles. The molecule has 0 atom stereocenters. The Morgan fingerprint density at radius 2 is 1.95 bits per heavy atom. The number of thiophene rings is 1. The molecule has 2 heterocycles. The van der Waals surface area contributed by atoms with Crippen molar-refractivity contribution in [2.24, 2.45) is 0 Å². The van der Waals surface area contributed by atoms with E-state index in [1.807, 2.05) is 30.3 Å². The van der Waals surface area contributed by atoms with Crippen LogP contribution in [0.5, 0.6) is 0 Å². The number of Topliss-reactive ketones (excluding diaryl/α,β-unsaturated/α-hetero) is 1. The summed E-state index contributed by atoms with van der Waals surface area (Å²) in [6.07, 6.45) is 0. The number of H-pyrrole nitrogens is 1. The normalized spacial score (nSPS) is 10.4. The SMILES string of the molecule is O=C(OCC(=O)c1cccs1)c1cc(-c2ccccc2)n[nH]1. The number of ketones is 1. The van der Waals surface area contributed by atoms with Gasteiger partial charge in [-0.15, -0.1) is 11.3 Å². The van der Waals surface area contributed by atoms with Gasteiger partial charge >= 0.3 is 5.97 Å². The second-order valence-electron chi connectivity index (χ2n) is 4.51. The molecule has 0 bridgehead atoms. The molecule has 0 aliphatic carbocycles. The van der Waals surface area contributed by atoms with Gasteiger partial charge in [0, 0.05) is 5.56 Å². The van der Waals surface area contributed by atoms with E-state index in [4.69, 9.17) is 4.74 Å². The van der Waals surface area contributed by atoms with Crippen LogP contribution in [0.1, 0.15) is 20.2 Å². The Morgan fingerprint density at radius 3 is 2.68 bits per heavy atom. The molecule has 110 valence electrons. The van der Waals surface area contributed by atoms with Crippen LogP contribution in [0, 0.1) is 0 Å². The molecule has 2 aromatic heterocycles. The molecule has 5 nitrogen and oxygen atoms in total. The Kier molecular flexibility index (Phi) is 4.11. The van der Waals surface area contributed by atoms with Gasteiger partial charge in [-0.25, -0.2) is 4.79 Å². The summed E-state index contributed by atoms with van der Waals surface area (Å²) in [4.78, 5) is 24.3. The number of hydrogen-bond acceptors (Lipinski definition) is 5. The van der Waals surface area contributed by atoms with Gasteiger partial charge in [-0.1, -0.05) is 36.4 Å². The average molecular weight is 312 g/mol. The van der Waals surface area contributed by atoms with E-state index in [9.17, 15) is 9.59 Å². The number of aromatic nitrogens is 2. The van der Waals surface area contributed by atoms with Crippen LogP contribution in [0.4, 0.5) is 0 Å². The predicted molar refractivity (Wildman–Crippen MR) is 83.0 cm³/mol. The van der Waals surface area contributed by atoms with E-state index in [0.717, 1.165) is 5.56 Å². The monoisotopic (exact) mass is 312 g/mol. The maximum Gasteiger partial charge on any atom is 0.356 e. The fourth-order valence-electron chi connectivity index (χ4n) is 1.90. The van der Waals surface area contributed by atoms with Gasteiger partial charge in [-0.2, -0.15) is 5.10 Å². The van der Waals surface area contributed by atoms with E-state index in [2.05, 4.69) is 10.2 Å². The van der Waals surface area contributed by atoms with Crippen molar-refractivity contribution in [1.29, 1.82) is 0 Å².